The molecule has 1 amide bonds. The van der Waals surface area contributed by atoms with Crippen molar-refractivity contribution in [3.05, 3.63) is 71.1 Å². The molecule has 0 radical (unpaired) electrons. The number of nitrogens with zero attached hydrogens (tertiary/aromatic N) is 4. The van der Waals surface area contributed by atoms with Crippen LogP contribution in [0.2, 0.25) is 0 Å². The molecule has 2 aromatic carbocycles. The first-order valence-corrected chi connectivity index (χ1v) is 13.6. The molecule has 0 spiro atoms. The second kappa shape index (κ2) is 8.62. The number of nitrogens with two attached hydrogens (primary N) is 1. The highest BCUT2D eigenvalue weighted by Crippen LogP contribution is 2.42. The third-order valence-corrected chi connectivity index (χ3v) is 8.91. The summed E-state index contributed by atoms with van der Waals surface area (Å²) < 4.78 is 9.35. The van der Waals surface area contributed by atoms with E-state index >= 15 is 0 Å². The maximum absolute atomic E-state index is 13.1. The van der Waals surface area contributed by atoms with Gasteiger partial charge in [0, 0.05) is 69.4 Å². The van der Waals surface area contributed by atoms with Gasteiger partial charge in [0.05, 0.1) is 18.8 Å². The van der Waals surface area contributed by atoms with Gasteiger partial charge in [-0.15, -0.1) is 11.3 Å². The van der Waals surface area contributed by atoms with Crippen LogP contribution in [0.1, 0.15) is 12.8 Å². The maximum Gasteiger partial charge on any atom is 0.259 e. The minimum atomic E-state index is -0.715. The van der Waals surface area contributed by atoms with Crippen LogP contribution in [0.5, 0.6) is 0 Å². The van der Waals surface area contributed by atoms with Crippen LogP contribution in [-0.4, -0.2) is 54.2 Å². The summed E-state index contributed by atoms with van der Waals surface area (Å²) in [4.78, 5) is 34.7. The number of ether oxygens (including phenoxy) is 1. The molecule has 2 N–H and O–H groups in total. The van der Waals surface area contributed by atoms with Crippen LogP contribution in [0.3, 0.4) is 0 Å². The predicted molar refractivity (Wildman–Crippen MR) is 152 cm³/mol. The molecule has 1 aliphatic carbocycles. The van der Waals surface area contributed by atoms with Crippen molar-refractivity contribution in [1.82, 2.24) is 9.38 Å². The van der Waals surface area contributed by atoms with Crippen LogP contribution in [0.15, 0.2) is 65.6 Å². The van der Waals surface area contributed by atoms with E-state index in [1.54, 1.807) is 39.9 Å². The lowest BCUT2D eigenvalue weighted by Crippen LogP contribution is -2.43. The van der Waals surface area contributed by atoms with Crippen LogP contribution < -0.4 is 21.1 Å². The molecule has 1 aliphatic heterocycles. The standard InChI is InChI=1S/C29H27N5O3S/c1-32(28(36)29(30)9-10-29)18-7-8-23-22(16-18)20-5-2-4-19(26(20)38-23)21-6-3-11-34-25(35)17-24(31-27(21)34)33-12-14-37-15-13-33/h2-8,11,16-17H,9-10,12-15,30H2,1H3. The van der Waals surface area contributed by atoms with Gasteiger partial charge in [-0.2, -0.15) is 0 Å². The first kappa shape index (κ1) is 23.3. The van der Waals surface area contributed by atoms with Crippen LogP contribution in [-0.2, 0) is 9.53 Å². The number of pyridine rings is 1. The zero-order chi connectivity index (χ0) is 26.0. The first-order chi connectivity index (χ1) is 18.4. The highest BCUT2D eigenvalue weighted by atomic mass is 32.1. The largest absolute Gasteiger partial charge is 0.378 e. The lowest BCUT2D eigenvalue weighted by molar-refractivity contribution is -0.120. The first-order valence-electron chi connectivity index (χ1n) is 12.8. The number of carbonyl (C=O) groups is 1. The van der Waals surface area contributed by atoms with E-state index in [1.165, 1.54) is 0 Å². The molecule has 1 saturated carbocycles. The number of hydrogen-bond donors (Lipinski definition) is 1. The molecule has 1 saturated heterocycles. The van der Waals surface area contributed by atoms with E-state index in [1.807, 2.05) is 24.3 Å². The van der Waals surface area contributed by atoms with Crippen molar-refractivity contribution in [2.75, 3.05) is 43.2 Å². The lowest BCUT2D eigenvalue weighted by atomic mass is 10.0. The van der Waals surface area contributed by atoms with E-state index in [0.29, 0.717) is 37.8 Å². The van der Waals surface area contributed by atoms with Gasteiger partial charge in [0.2, 0.25) is 5.91 Å². The van der Waals surface area contributed by atoms with Crippen molar-refractivity contribution in [3.63, 3.8) is 0 Å². The second-order valence-corrected chi connectivity index (χ2v) is 11.2. The van der Waals surface area contributed by atoms with Gasteiger partial charge < -0.3 is 20.3 Å². The Kier molecular flexibility index (Phi) is 5.30. The van der Waals surface area contributed by atoms with E-state index in [-0.39, 0.29) is 11.5 Å². The number of fused-ring (bicyclic) bond motifs is 4. The van der Waals surface area contributed by atoms with E-state index in [4.69, 9.17) is 15.5 Å². The van der Waals surface area contributed by atoms with Crippen LogP contribution in [0.25, 0.3) is 36.9 Å². The Bertz CT molecular complexity index is 1800. The average molecular weight is 526 g/mol. The fraction of sp³-hybridized carbons (Fsp3) is 0.276. The van der Waals surface area contributed by atoms with E-state index < -0.39 is 5.54 Å². The fourth-order valence-corrected chi connectivity index (χ4v) is 6.50. The maximum atomic E-state index is 13.1. The van der Waals surface area contributed by atoms with Gasteiger partial charge in [-0.3, -0.25) is 14.0 Å². The molecular weight excluding hydrogens is 498 g/mol. The zero-order valence-corrected chi connectivity index (χ0v) is 21.8. The van der Waals surface area contributed by atoms with Gasteiger partial charge in [0.1, 0.15) is 11.5 Å². The highest BCUT2D eigenvalue weighted by molar-refractivity contribution is 7.26. The quantitative estimate of drug-likeness (QED) is 0.381. The Morgan fingerprint density at radius 3 is 2.63 bits per heavy atom. The molecule has 0 unspecified atom stereocenters. The molecule has 5 aromatic rings. The summed E-state index contributed by atoms with van der Waals surface area (Å²) in [7, 11) is 1.79. The summed E-state index contributed by atoms with van der Waals surface area (Å²) in [5.74, 6) is 0.639. The smallest absolute Gasteiger partial charge is 0.259 e. The van der Waals surface area contributed by atoms with Gasteiger partial charge in [-0.05, 0) is 43.2 Å². The van der Waals surface area contributed by atoms with Crippen molar-refractivity contribution in [1.29, 1.82) is 0 Å². The third-order valence-electron chi connectivity index (χ3n) is 7.69. The molecule has 7 rings (SSSR count). The van der Waals surface area contributed by atoms with Crippen LogP contribution >= 0.6 is 11.3 Å². The van der Waals surface area contributed by atoms with Gasteiger partial charge in [-0.1, -0.05) is 18.2 Å². The molecule has 4 heterocycles. The molecule has 0 bridgehead atoms. The normalized spacial score (nSPS) is 16.8. The Morgan fingerprint density at radius 2 is 1.84 bits per heavy atom. The van der Waals surface area contributed by atoms with Gasteiger partial charge in [0.25, 0.3) is 5.56 Å². The molecular formula is C29H27N5O3S. The average Bonchev–Trinajstić information content (AvgIpc) is 3.60. The van der Waals surface area contributed by atoms with Crippen molar-refractivity contribution in [2.45, 2.75) is 18.4 Å². The Morgan fingerprint density at radius 1 is 1.05 bits per heavy atom. The topological polar surface area (TPSA) is 93.2 Å². The van der Waals surface area contributed by atoms with Crippen molar-refractivity contribution in [2.24, 2.45) is 5.73 Å². The van der Waals surface area contributed by atoms with Crippen molar-refractivity contribution in [3.8, 4) is 11.1 Å². The van der Waals surface area contributed by atoms with Gasteiger partial charge >= 0.3 is 0 Å². The van der Waals surface area contributed by atoms with E-state index in [9.17, 15) is 9.59 Å². The third kappa shape index (κ3) is 3.69. The Hall–Kier alpha value is -3.79. The van der Waals surface area contributed by atoms with Gasteiger partial charge in [-0.25, -0.2) is 4.98 Å². The zero-order valence-electron chi connectivity index (χ0n) is 21.0. The summed E-state index contributed by atoms with van der Waals surface area (Å²) in [5, 5.41) is 2.19. The number of likely N-dealkylation sites (N-methyl/N-ethyl adjacent to an activating group) is 1. The summed E-state index contributed by atoms with van der Waals surface area (Å²) in [6.07, 6.45) is 3.24. The van der Waals surface area contributed by atoms with Gasteiger partial charge in [0.15, 0.2) is 0 Å². The summed E-state index contributed by atoms with van der Waals surface area (Å²) in [6, 6.07) is 17.9. The SMILES string of the molecule is CN(C(=O)C1(N)CC1)c1ccc2sc3c(-c4cccn5c(=O)cc(N6CCOCC6)nc45)cccc3c2c1. The fourth-order valence-electron chi connectivity index (χ4n) is 5.28. The monoisotopic (exact) mass is 525 g/mol. The number of thiophene rings is 1. The second-order valence-electron chi connectivity index (χ2n) is 10.2. The number of carbonyl (C=O) groups excluding carboxylic acids is 1. The highest BCUT2D eigenvalue weighted by Gasteiger charge is 2.47. The number of aromatic nitrogens is 2. The molecule has 3 aromatic heterocycles. The Labute approximate surface area is 222 Å². The number of amides is 1. The number of benzene rings is 2. The van der Waals surface area contributed by atoms with Crippen LogP contribution in [0, 0.1) is 0 Å². The summed E-state index contributed by atoms with van der Waals surface area (Å²) in [6.45, 7) is 2.67. The number of morpholine rings is 1. The lowest BCUT2D eigenvalue weighted by Gasteiger charge is -2.27. The summed E-state index contributed by atoms with van der Waals surface area (Å²) in [5.41, 5.74) is 8.76. The summed E-state index contributed by atoms with van der Waals surface area (Å²) >= 11 is 1.70. The minimum absolute atomic E-state index is 0.0413. The number of anilines is 2. The molecule has 38 heavy (non-hydrogen) atoms. The Balaban J connectivity index is 1.38. The molecule has 0 atom stereocenters. The van der Waals surface area contributed by atoms with E-state index in [0.717, 1.165) is 49.8 Å². The minimum Gasteiger partial charge on any atom is -0.378 e. The predicted octanol–water partition coefficient (Wildman–Crippen LogP) is 4.02. The number of rotatable bonds is 4. The van der Waals surface area contributed by atoms with E-state index in [2.05, 4.69) is 29.2 Å². The molecule has 192 valence electrons. The van der Waals surface area contributed by atoms with Crippen molar-refractivity contribution >= 4 is 54.6 Å². The molecule has 2 fully saturated rings. The molecule has 2 aliphatic rings. The van der Waals surface area contributed by atoms with Crippen LogP contribution in [0.4, 0.5) is 11.5 Å². The van der Waals surface area contributed by atoms with Crippen molar-refractivity contribution < 1.29 is 9.53 Å². The molecule has 9 heteroatoms. The number of hydrogen-bond acceptors (Lipinski definition) is 7. The molecule has 8 nitrogen and oxygen atoms in total.